The second-order valence-electron chi connectivity index (χ2n) is 4.16. The number of nitrogens with one attached hydrogen (secondary N) is 1. The molecule has 2 N–H and O–H groups in total. The van der Waals surface area contributed by atoms with Crippen LogP contribution in [0.2, 0.25) is 0 Å². The molecule has 0 radical (unpaired) electrons. The molecule has 0 aromatic carbocycles. The molecule has 0 aromatic rings. The summed E-state index contributed by atoms with van der Waals surface area (Å²) in [6.45, 7) is 1.09. The molecule has 96 valence electrons. The van der Waals surface area contributed by atoms with Gasteiger partial charge in [0.1, 0.15) is 0 Å². The van der Waals surface area contributed by atoms with E-state index in [2.05, 4.69) is 4.72 Å². The van der Waals surface area contributed by atoms with Crippen LogP contribution in [0.3, 0.4) is 0 Å². The van der Waals surface area contributed by atoms with E-state index in [0.717, 1.165) is 0 Å². The van der Waals surface area contributed by atoms with E-state index in [-0.39, 0.29) is 18.6 Å². The fraction of sp³-hybridized carbons (Fsp3) is 1.00. The average Bonchev–Trinajstić information content (AvgIpc) is 2.15. The highest BCUT2D eigenvalue weighted by molar-refractivity contribution is 7.87. The van der Waals surface area contributed by atoms with Crippen molar-refractivity contribution in [2.24, 2.45) is 5.92 Å². The Morgan fingerprint density at radius 1 is 1.50 bits per heavy atom. The van der Waals surface area contributed by atoms with Crippen molar-refractivity contribution in [3.05, 3.63) is 0 Å². The van der Waals surface area contributed by atoms with Gasteiger partial charge in [0.2, 0.25) is 0 Å². The molecule has 1 aliphatic carbocycles. The minimum Gasteiger partial charge on any atom is -0.393 e. The van der Waals surface area contributed by atoms with Crippen molar-refractivity contribution in [2.45, 2.75) is 18.9 Å². The van der Waals surface area contributed by atoms with E-state index in [1.54, 1.807) is 7.05 Å². The molecule has 0 atom stereocenters. The van der Waals surface area contributed by atoms with Crippen molar-refractivity contribution in [2.75, 3.05) is 33.9 Å². The van der Waals surface area contributed by atoms with Gasteiger partial charge in [-0.25, -0.2) is 0 Å². The van der Waals surface area contributed by atoms with Gasteiger partial charge in [-0.15, -0.1) is 0 Å². The van der Waals surface area contributed by atoms with Gasteiger partial charge in [-0.2, -0.15) is 17.4 Å². The molecule has 0 aliphatic heterocycles. The highest BCUT2D eigenvalue weighted by Crippen LogP contribution is 2.27. The van der Waals surface area contributed by atoms with Crippen LogP contribution in [-0.2, 0) is 14.9 Å². The van der Waals surface area contributed by atoms with E-state index < -0.39 is 10.2 Å². The van der Waals surface area contributed by atoms with Crippen LogP contribution in [0.15, 0.2) is 0 Å². The van der Waals surface area contributed by atoms with E-state index in [4.69, 9.17) is 9.84 Å². The number of methoxy groups -OCH3 is 1. The molecule has 0 aromatic heterocycles. The SMILES string of the molecule is COCCNS(=O)(=O)N(C)CC1CC(O)C1. The van der Waals surface area contributed by atoms with Crippen molar-refractivity contribution in [1.82, 2.24) is 9.03 Å². The smallest absolute Gasteiger partial charge is 0.279 e. The van der Waals surface area contributed by atoms with E-state index >= 15 is 0 Å². The molecule has 7 heteroatoms. The topological polar surface area (TPSA) is 78.9 Å². The summed E-state index contributed by atoms with van der Waals surface area (Å²) in [7, 11) is -0.336. The third kappa shape index (κ3) is 3.99. The highest BCUT2D eigenvalue weighted by Gasteiger charge is 2.30. The average molecular weight is 252 g/mol. The van der Waals surface area contributed by atoms with Crippen molar-refractivity contribution >= 4 is 10.2 Å². The fourth-order valence-electron chi connectivity index (χ4n) is 1.69. The Labute approximate surface area is 96.8 Å². The van der Waals surface area contributed by atoms with Gasteiger partial charge in [0.25, 0.3) is 10.2 Å². The third-order valence-electron chi connectivity index (χ3n) is 2.73. The molecule has 0 heterocycles. The van der Waals surface area contributed by atoms with Crippen LogP contribution in [0.1, 0.15) is 12.8 Å². The Bertz CT molecular complexity index is 301. The van der Waals surface area contributed by atoms with Gasteiger partial charge in [0.15, 0.2) is 0 Å². The number of aliphatic hydroxyl groups is 1. The standard InChI is InChI=1S/C9H20N2O4S/c1-11(7-8-5-9(12)6-8)16(13,14)10-3-4-15-2/h8-10,12H,3-7H2,1-2H3. The molecule has 0 saturated heterocycles. The lowest BCUT2D eigenvalue weighted by atomic mass is 9.82. The third-order valence-corrected chi connectivity index (χ3v) is 4.27. The molecule has 1 fully saturated rings. The summed E-state index contributed by atoms with van der Waals surface area (Å²) in [6, 6.07) is 0. The summed E-state index contributed by atoms with van der Waals surface area (Å²) < 4.78 is 31.8. The summed E-state index contributed by atoms with van der Waals surface area (Å²) in [6.07, 6.45) is 1.14. The maximum Gasteiger partial charge on any atom is 0.279 e. The minimum absolute atomic E-state index is 0.248. The normalized spacial score (nSPS) is 25.8. The molecule has 6 nitrogen and oxygen atoms in total. The lowest BCUT2D eigenvalue weighted by molar-refractivity contribution is 0.0366. The van der Waals surface area contributed by atoms with Gasteiger partial charge >= 0.3 is 0 Å². The number of hydrogen-bond donors (Lipinski definition) is 2. The van der Waals surface area contributed by atoms with Crippen molar-refractivity contribution in [3.8, 4) is 0 Å². The van der Waals surface area contributed by atoms with E-state index in [9.17, 15) is 8.42 Å². The summed E-state index contributed by atoms with van der Waals surface area (Å²) >= 11 is 0. The number of aliphatic hydroxyl groups excluding tert-OH is 1. The first-order valence-corrected chi connectivity index (χ1v) is 6.77. The lowest BCUT2D eigenvalue weighted by Gasteiger charge is -2.33. The first-order chi connectivity index (χ1) is 7.45. The molecule has 1 aliphatic rings. The van der Waals surface area contributed by atoms with Crippen molar-refractivity contribution < 1.29 is 18.3 Å². The van der Waals surface area contributed by atoms with Crippen LogP contribution in [-0.4, -0.2) is 57.8 Å². The monoisotopic (exact) mass is 252 g/mol. The molecule has 0 spiro atoms. The zero-order chi connectivity index (χ0) is 12.2. The molecule has 16 heavy (non-hydrogen) atoms. The maximum atomic E-state index is 11.7. The lowest BCUT2D eigenvalue weighted by Crippen LogP contribution is -2.44. The van der Waals surface area contributed by atoms with Crippen molar-refractivity contribution in [3.63, 3.8) is 0 Å². The van der Waals surface area contributed by atoms with Crippen LogP contribution >= 0.6 is 0 Å². The summed E-state index contributed by atoms with van der Waals surface area (Å²) in [5.74, 6) is 0.277. The van der Waals surface area contributed by atoms with Crippen LogP contribution in [0, 0.1) is 5.92 Å². The largest absolute Gasteiger partial charge is 0.393 e. The first-order valence-electron chi connectivity index (χ1n) is 5.33. The van der Waals surface area contributed by atoms with Crippen molar-refractivity contribution in [1.29, 1.82) is 0 Å². The maximum absolute atomic E-state index is 11.7. The number of rotatable bonds is 7. The molecular formula is C9H20N2O4S. The quantitative estimate of drug-likeness (QED) is 0.580. The zero-order valence-corrected chi connectivity index (χ0v) is 10.5. The second kappa shape index (κ2) is 5.92. The number of ether oxygens (including phenoxy) is 1. The minimum atomic E-state index is -3.40. The Morgan fingerprint density at radius 3 is 2.62 bits per heavy atom. The Kier molecular flexibility index (Phi) is 5.13. The van der Waals surface area contributed by atoms with Gasteiger partial charge in [0.05, 0.1) is 12.7 Å². The second-order valence-corrected chi connectivity index (χ2v) is 6.03. The van der Waals surface area contributed by atoms with Gasteiger partial charge < -0.3 is 9.84 Å². The highest BCUT2D eigenvalue weighted by atomic mass is 32.2. The predicted octanol–water partition coefficient (Wildman–Crippen LogP) is -0.830. The Hall–Kier alpha value is -0.210. The van der Waals surface area contributed by atoms with Crippen LogP contribution < -0.4 is 4.72 Å². The summed E-state index contributed by atoms with van der Waals surface area (Å²) in [5, 5.41) is 9.11. The van der Waals surface area contributed by atoms with E-state index in [1.807, 2.05) is 0 Å². The van der Waals surface area contributed by atoms with E-state index in [1.165, 1.54) is 11.4 Å². The first kappa shape index (κ1) is 13.9. The summed E-state index contributed by atoms with van der Waals surface area (Å²) in [4.78, 5) is 0. The van der Waals surface area contributed by atoms with Gasteiger partial charge in [-0.3, -0.25) is 0 Å². The van der Waals surface area contributed by atoms with E-state index in [0.29, 0.717) is 26.0 Å². The molecule has 1 rings (SSSR count). The molecule has 0 unspecified atom stereocenters. The molecular weight excluding hydrogens is 232 g/mol. The van der Waals surface area contributed by atoms with Gasteiger partial charge in [0, 0.05) is 27.2 Å². The van der Waals surface area contributed by atoms with Gasteiger partial charge in [-0.1, -0.05) is 0 Å². The number of nitrogens with zero attached hydrogens (tertiary/aromatic N) is 1. The van der Waals surface area contributed by atoms with Gasteiger partial charge in [-0.05, 0) is 18.8 Å². The Morgan fingerprint density at radius 2 is 2.12 bits per heavy atom. The molecule has 0 bridgehead atoms. The Balaban J connectivity index is 2.30. The predicted molar refractivity (Wildman–Crippen MR) is 60.2 cm³/mol. The van der Waals surface area contributed by atoms with Crippen LogP contribution in [0.4, 0.5) is 0 Å². The zero-order valence-electron chi connectivity index (χ0n) is 9.72. The fourth-order valence-corrected chi connectivity index (χ4v) is 2.66. The summed E-state index contributed by atoms with van der Waals surface area (Å²) in [5.41, 5.74) is 0. The molecule has 1 saturated carbocycles. The van der Waals surface area contributed by atoms with Crippen LogP contribution in [0.5, 0.6) is 0 Å². The van der Waals surface area contributed by atoms with Crippen LogP contribution in [0.25, 0.3) is 0 Å². The number of hydrogen-bond acceptors (Lipinski definition) is 4. The molecule has 0 amide bonds.